The van der Waals surface area contributed by atoms with Crippen LogP contribution in [-0.4, -0.2) is 29.8 Å². The Morgan fingerprint density at radius 1 is 1.33 bits per heavy atom. The Balaban J connectivity index is 2.26. The molecule has 1 aromatic rings. The highest BCUT2D eigenvalue weighted by Gasteiger charge is 2.36. The second-order valence-corrected chi connectivity index (χ2v) is 4.05. The Kier molecular flexibility index (Phi) is 2.90. The summed E-state index contributed by atoms with van der Waals surface area (Å²) in [5.41, 5.74) is 4.76. The molecular weight excluding hydrogens is 244 g/mol. The van der Waals surface area contributed by atoms with Crippen LogP contribution in [0.5, 0.6) is 0 Å². The third-order valence-electron chi connectivity index (χ3n) is 2.76. The van der Waals surface area contributed by atoms with Crippen molar-refractivity contribution in [3.05, 3.63) is 23.8 Å². The summed E-state index contributed by atoms with van der Waals surface area (Å²) in [6, 6.07) is 0.933. The van der Waals surface area contributed by atoms with E-state index in [-0.39, 0.29) is 12.1 Å². The topological polar surface area (TPSA) is 75.4 Å². The van der Waals surface area contributed by atoms with Gasteiger partial charge in [-0.3, -0.25) is 14.5 Å². The monoisotopic (exact) mass is 255 g/mol. The fraction of sp³-hybridized carbons (Fsp3) is 0.273. The number of amides is 2. The third-order valence-corrected chi connectivity index (χ3v) is 2.76. The Morgan fingerprint density at radius 2 is 1.89 bits per heavy atom. The van der Waals surface area contributed by atoms with E-state index in [9.17, 15) is 18.4 Å². The van der Waals surface area contributed by atoms with Crippen molar-refractivity contribution < 1.29 is 18.4 Å². The van der Waals surface area contributed by atoms with Crippen LogP contribution in [0.3, 0.4) is 0 Å². The maximum atomic E-state index is 13.5. The van der Waals surface area contributed by atoms with E-state index in [1.165, 1.54) is 7.05 Å². The number of hydrogen-bond acceptors (Lipinski definition) is 4. The first-order chi connectivity index (χ1) is 8.40. The van der Waals surface area contributed by atoms with Crippen molar-refractivity contribution in [2.24, 2.45) is 0 Å². The van der Waals surface area contributed by atoms with Gasteiger partial charge >= 0.3 is 0 Å². The summed E-state index contributed by atoms with van der Waals surface area (Å²) in [7, 11) is 1.32. The van der Waals surface area contributed by atoms with Crippen LogP contribution in [0.1, 0.15) is 6.42 Å². The average molecular weight is 255 g/mol. The number of halogens is 2. The lowest BCUT2D eigenvalue weighted by Gasteiger charge is -2.14. The third kappa shape index (κ3) is 1.99. The number of likely N-dealkylation sites (N-methyl/N-ethyl adjacent to an activating group) is 1. The van der Waals surface area contributed by atoms with E-state index >= 15 is 0 Å². The molecule has 96 valence electrons. The number of carbonyl (C=O) groups excluding carboxylic acids is 2. The number of rotatable bonds is 2. The molecule has 1 atom stereocenters. The minimum atomic E-state index is -0.949. The van der Waals surface area contributed by atoms with Crippen molar-refractivity contribution in [2.75, 3.05) is 18.1 Å². The van der Waals surface area contributed by atoms with Gasteiger partial charge in [0.2, 0.25) is 5.91 Å². The molecule has 0 radical (unpaired) electrons. The quantitative estimate of drug-likeness (QED) is 0.603. The second-order valence-electron chi connectivity index (χ2n) is 4.05. The number of nitrogens with one attached hydrogen (secondary N) is 1. The van der Waals surface area contributed by atoms with Gasteiger partial charge in [0.25, 0.3) is 5.91 Å². The van der Waals surface area contributed by atoms with E-state index in [1.807, 2.05) is 0 Å². The molecule has 5 nitrogen and oxygen atoms in total. The summed E-state index contributed by atoms with van der Waals surface area (Å²) in [5, 5.41) is 2.40. The molecule has 2 amide bonds. The van der Waals surface area contributed by atoms with E-state index in [4.69, 9.17) is 5.73 Å². The van der Waals surface area contributed by atoms with Crippen LogP contribution in [0.25, 0.3) is 0 Å². The van der Waals surface area contributed by atoms with Gasteiger partial charge in [-0.15, -0.1) is 0 Å². The fourth-order valence-electron chi connectivity index (χ4n) is 1.77. The van der Waals surface area contributed by atoms with Gasteiger partial charge in [-0.1, -0.05) is 0 Å². The largest absolute Gasteiger partial charge is 0.399 e. The van der Waals surface area contributed by atoms with Gasteiger partial charge in [0.15, 0.2) is 11.6 Å². The lowest BCUT2D eigenvalue weighted by Crippen LogP contribution is -2.32. The van der Waals surface area contributed by atoms with Crippen LogP contribution in [0, 0.1) is 11.6 Å². The summed E-state index contributed by atoms with van der Waals surface area (Å²) in [6.45, 7) is 0. The number of imide groups is 1. The Hall–Kier alpha value is -2.18. The maximum Gasteiger partial charge on any atom is 0.251 e. The second kappa shape index (κ2) is 4.25. The van der Waals surface area contributed by atoms with Gasteiger partial charge in [-0.25, -0.2) is 8.78 Å². The predicted octanol–water partition coefficient (Wildman–Crippen LogP) is 0.716. The number of carbonyl (C=O) groups is 2. The minimum Gasteiger partial charge on any atom is -0.399 e. The van der Waals surface area contributed by atoms with Gasteiger partial charge in [0.05, 0.1) is 6.42 Å². The smallest absolute Gasteiger partial charge is 0.251 e. The first kappa shape index (κ1) is 12.3. The van der Waals surface area contributed by atoms with Crippen molar-refractivity contribution in [1.82, 2.24) is 4.90 Å². The fourth-order valence-corrected chi connectivity index (χ4v) is 1.77. The van der Waals surface area contributed by atoms with Gasteiger partial charge in [0.1, 0.15) is 11.7 Å². The highest BCUT2D eigenvalue weighted by atomic mass is 19.1. The lowest BCUT2D eigenvalue weighted by atomic mass is 10.2. The number of benzene rings is 1. The highest BCUT2D eigenvalue weighted by Crippen LogP contribution is 2.25. The van der Waals surface area contributed by atoms with Gasteiger partial charge in [-0.05, 0) is 12.1 Å². The van der Waals surface area contributed by atoms with E-state index in [0.29, 0.717) is 0 Å². The maximum absolute atomic E-state index is 13.5. The average Bonchev–Trinajstić information content (AvgIpc) is 2.51. The molecule has 3 N–H and O–H groups in total. The lowest BCUT2D eigenvalue weighted by molar-refractivity contribution is -0.136. The Bertz CT molecular complexity index is 510. The molecule has 0 spiro atoms. The molecule has 1 aliphatic rings. The van der Waals surface area contributed by atoms with Gasteiger partial charge in [-0.2, -0.15) is 0 Å². The van der Waals surface area contributed by atoms with Gasteiger partial charge in [0, 0.05) is 12.7 Å². The standard InChI is InChI=1S/C11H11F2N3O2/c1-16-9(17)4-8(11(16)18)15-10-6(12)2-5(14)3-7(10)13/h2-3,8,15H,4,14H2,1H3. The number of likely N-dealkylation sites (tertiary alicyclic amines) is 1. The van der Waals surface area contributed by atoms with Crippen molar-refractivity contribution in [3.63, 3.8) is 0 Å². The van der Waals surface area contributed by atoms with Crippen LogP contribution in [0.15, 0.2) is 12.1 Å². The molecule has 1 saturated heterocycles. The zero-order valence-electron chi connectivity index (χ0n) is 9.54. The summed E-state index contributed by atoms with van der Waals surface area (Å²) in [5.74, 6) is -2.71. The summed E-state index contributed by atoms with van der Waals surface area (Å²) in [6.07, 6.45) is -0.126. The highest BCUT2D eigenvalue weighted by molar-refractivity contribution is 6.06. The van der Waals surface area contributed by atoms with Crippen LogP contribution in [0.4, 0.5) is 20.2 Å². The number of hydrogen-bond donors (Lipinski definition) is 2. The van der Waals surface area contributed by atoms with E-state index in [0.717, 1.165) is 17.0 Å². The summed E-state index contributed by atoms with van der Waals surface area (Å²) >= 11 is 0. The van der Waals surface area contributed by atoms with Crippen molar-refractivity contribution in [3.8, 4) is 0 Å². The molecule has 0 aromatic heterocycles. The molecule has 0 saturated carbocycles. The molecule has 1 fully saturated rings. The first-order valence-electron chi connectivity index (χ1n) is 5.21. The zero-order valence-corrected chi connectivity index (χ0v) is 9.54. The zero-order chi connectivity index (χ0) is 13.4. The van der Waals surface area contributed by atoms with Gasteiger partial charge < -0.3 is 11.1 Å². The number of anilines is 2. The molecule has 1 aliphatic heterocycles. The molecule has 18 heavy (non-hydrogen) atoms. The molecule has 1 aromatic carbocycles. The molecule has 1 unspecified atom stereocenters. The molecule has 7 heteroatoms. The van der Waals surface area contributed by atoms with Crippen LogP contribution in [0.2, 0.25) is 0 Å². The predicted molar refractivity (Wildman–Crippen MR) is 60.6 cm³/mol. The van der Waals surface area contributed by atoms with Crippen molar-refractivity contribution in [1.29, 1.82) is 0 Å². The molecule has 2 rings (SSSR count). The first-order valence-corrected chi connectivity index (χ1v) is 5.21. The minimum absolute atomic E-state index is 0.0542. The Labute approximate surface area is 102 Å². The van der Waals surface area contributed by atoms with Crippen LogP contribution in [-0.2, 0) is 9.59 Å². The van der Waals surface area contributed by atoms with Crippen LogP contribution >= 0.6 is 0 Å². The molecule has 1 heterocycles. The van der Waals surface area contributed by atoms with E-state index in [1.54, 1.807) is 0 Å². The van der Waals surface area contributed by atoms with Crippen LogP contribution < -0.4 is 11.1 Å². The molecule has 0 bridgehead atoms. The van der Waals surface area contributed by atoms with E-state index < -0.39 is 35.2 Å². The van der Waals surface area contributed by atoms with Crippen molar-refractivity contribution in [2.45, 2.75) is 12.5 Å². The van der Waals surface area contributed by atoms with E-state index in [2.05, 4.69) is 5.32 Å². The molecular formula is C11H11F2N3O2. The Morgan fingerprint density at radius 3 is 2.33 bits per heavy atom. The normalized spacial score (nSPS) is 19.5. The SMILES string of the molecule is CN1C(=O)CC(Nc2c(F)cc(N)cc2F)C1=O. The van der Waals surface area contributed by atoms with Crippen molar-refractivity contribution >= 4 is 23.2 Å². The number of nitrogens with two attached hydrogens (primary N) is 1. The number of nitrogen functional groups attached to an aromatic ring is 1. The number of nitrogens with zero attached hydrogens (tertiary/aromatic N) is 1. The summed E-state index contributed by atoms with van der Waals surface area (Å²) < 4.78 is 27.0. The summed E-state index contributed by atoms with van der Waals surface area (Å²) in [4.78, 5) is 23.8. The molecule has 0 aliphatic carbocycles.